The fourth-order valence-corrected chi connectivity index (χ4v) is 3.14. The second-order valence-electron chi connectivity index (χ2n) is 5.75. The number of hydrogen-bond acceptors (Lipinski definition) is 3. The highest BCUT2D eigenvalue weighted by Gasteiger charge is 2.18. The van der Waals surface area contributed by atoms with E-state index in [1.165, 1.54) is 5.56 Å². The van der Waals surface area contributed by atoms with Crippen LogP contribution in [0.15, 0.2) is 42.5 Å². The Kier molecular flexibility index (Phi) is 4.97. The van der Waals surface area contributed by atoms with E-state index < -0.39 is 0 Å². The first-order valence-corrected chi connectivity index (χ1v) is 8.18. The van der Waals surface area contributed by atoms with Crippen LogP contribution in [0.25, 0.3) is 11.1 Å². The molecule has 3 nitrogen and oxygen atoms in total. The van der Waals surface area contributed by atoms with Gasteiger partial charge in [0, 0.05) is 19.1 Å². The minimum atomic E-state index is 0.387. The minimum Gasteiger partial charge on any atom is -0.379 e. The molecule has 0 saturated carbocycles. The standard InChI is InChI=1S/C19H19ClN2O/c1-14(22-8-10-23-11-9-22)15-2-4-16(5-3-15)17-6-7-18(13-21)19(20)12-17/h2-7,12,14H,8-11H2,1H3. The minimum absolute atomic E-state index is 0.387. The second kappa shape index (κ2) is 7.14. The molecule has 4 heteroatoms. The molecule has 1 unspecified atom stereocenters. The highest BCUT2D eigenvalue weighted by molar-refractivity contribution is 6.32. The van der Waals surface area contributed by atoms with Crippen molar-refractivity contribution >= 4 is 11.6 Å². The first-order valence-electron chi connectivity index (χ1n) is 7.81. The molecule has 1 aliphatic rings. The van der Waals surface area contributed by atoms with Crippen molar-refractivity contribution in [3.63, 3.8) is 0 Å². The fourth-order valence-electron chi connectivity index (χ4n) is 2.92. The summed E-state index contributed by atoms with van der Waals surface area (Å²) in [5.74, 6) is 0. The number of nitrogens with zero attached hydrogens (tertiary/aromatic N) is 2. The van der Waals surface area contributed by atoms with E-state index in [0.717, 1.165) is 37.4 Å². The van der Waals surface area contributed by atoms with Gasteiger partial charge in [0.1, 0.15) is 6.07 Å². The Morgan fingerprint density at radius 3 is 2.35 bits per heavy atom. The van der Waals surface area contributed by atoms with Crippen LogP contribution in [0.3, 0.4) is 0 Å². The lowest BCUT2D eigenvalue weighted by Crippen LogP contribution is -2.37. The lowest BCUT2D eigenvalue weighted by atomic mass is 10.00. The summed E-state index contributed by atoms with van der Waals surface area (Å²) in [6.45, 7) is 5.82. The van der Waals surface area contributed by atoms with E-state index in [-0.39, 0.29) is 0 Å². The maximum Gasteiger partial charge on any atom is 0.101 e. The topological polar surface area (TPSA) is 36.3 Å². The van der Waals surface area contributed by atoms with E-state index in [1.54, 1.807) is 6.07 Å². The van der Waals surface area contributed by atoms with Crippen molar-refractivity contribution < 1.29 is 4.74 Å². The molecule has 2 aromatic rings. The van der Waals surface area contributed by atoms with Crippen LogP contribution in [-0.2, 0) is 4.74 Å². The number of nitriles is 1. The molecule has 1 aliphatic heterocycles. The lowest BCUT2D eigenvalue weighted by Gasteiger charge is -2.32. The third-order valence-corrected chi connectivity index (χ3v) is 4.72. The van der Waals surface area contributed by atoms with Crippen LogP contribution in [0.5, 0.6) is 0 Å². The third kappa shape index (κ3) is 3.56. The van der Waals surface area contributed by atoms with Crippen molar-refractivity contribution in [1.82, 2.24) is 4.90 Å². The molecule has 0 amide bonds. The van der Waals surface area contributed by atoms with Gasteiger partial charge in [-0.25, -0.2) is 0 Å². The lowest BCUT2D eigenvalue weighted by molar-refractivity contribution is 0.0198. The molecule has 118 valence electrons. The maximum absolute atomic E-state index is 8.95. The quantitative estimate of drug-likeness (QED) is 0.845. The maximum atomic E-state index is 8.95. The highest BCUT2D eigenvalue weighted by atomic mass is 35.5. The molecule has 3 rings (SSSR count). The van der Waals surface area contributed by atoms with E-state index in [2.05, 4.69) is 42.2 Å². The number of rotatable bonds is 3. The Balaban J connectivity index is 1.79. The summed E-state index contributed by atoms with van der Waals surface area (Å²) in [5.41, 5.74) is 3.94. The molecular weight excluding hydrogens is 308 g/mol. The van der Waals surface area contributed by atoms with Crippen LogP contribution in [0.4, 0.5) is 0 Å². The van der Waals surface area contributed by atoms with Gasteiger partial charge in [-0.2, -0.15) is 5.26 Å². The first-order chi connectivity index (χ1) is 11.2. The van der Waals surface area contributed by atoms with E-state index in [0.29, 0.717) is 16.6 Å². The Bertz CT molecular complexity index is 715. The number of hydrogen-bond donors (Lipinski definition) is 0. The van der Waals surface area contributed by atoms with Crippen molar-refractivity contribution in [2.75, 3.05) is 26.3 Å². The van der Waals surface area contributed by atoms with Gasteiger partial charge in [0.25, 0.3) is 0 Å². The van der Waals surface area contributed by atoms with Gasteiger partial charge in [-0.15, -0.1) is 0 Å². The van der Waals surface area contributed by atoms with Crippen LogP contribution < -0.4 is 0 Å². The summed E-state index contributed by atoms with van der Waals surface area (Å²) in [4.78, 5) is 2.44. The van der Waals surface area contributed by atoms with Crippen LogP contribution in [0, 0.1) is 11.3 Å². The Hall–Kier alpha value is -1.86. The van der Waals surface area contributed by atoms with Crippen LogP contribution >= 0.6 is 11.6 Å². The third-order valence-electron chi connectivity index (χ3n) is 4.41. The molecule has 1 atom stereocenters. The molecule has 0 aromatic heterocycles. The van der Waals surface area contributed by atoms with Gasteiger partial charge in [0.2, 0.25) is 0 Å². The van der Waals surface area contributed by atoms with Crippen molar-refractivity contribution in [1.29, 1.82) is 5.26 Å². The summed E-state index contributed by atoms with van der Waals surface area (Å²) in [5, 5.41) is 9.45. The van der Waals surface area contributed by atoms with Crippen LogP contribution in [-0.4, -0.2) is 31.2 Å². The van der Waals surface area contributed by atoms with E-state index in [4.69, 9.17) is 21.6 Å². The molecule has 1 saturated heterocycles. The Labute approximate surface area is 142 Å². The van der Waals surface area contributed by atoms with Gasteiger partial charge in [-0.05, 0) is 35.7 Å². The van der Waals surface area contributed by atoms with Gasteiger partial charge in [-0.1, -0.05) is 41.9 Å². The molecule has 0 spiro atoms. The Morgan fingerprint density at radius 1 is 1.09 bits per heavy atom. The van der Waals surface area contributed by atoms with Gasteiger partial charge in [0.05, 0.1) is 23.8 Å². The van der Waals surface area contributed by atoms with Crippen molar-refractivity contribution in [3.05, 3.63) is 58.6 Å². The molecule has 0 bridgehead atoms. The highest BCUT2D eigenvalue weighted by Crippen LogP contribution is 2.28. The normalized spacial score (nSPS) is 16.7. The zero-order valence-electron chi connectivity index (χ0n) is 13.1. The monoisotopic (exact) mass is 326 g/mol. The number of morpholine rings is 1. The molecule has 2 aromatic carbocycles. The largest absolute Gasteiger partial charge is 0.379 e. The summed E-state index contributed by atoms with van der Waals surface area (Å²) < 4.78 is 5.42. The molecule has 1 fully saturated rings. The van der Waals surface area contributed by atoms with Crippen LogP contribution in [0.2, 0.25) is 5.02 Å². The van der Waals surface area contributed by atoms with Crippen molar-refractivity contribution in [2.24, 2.45) is 0 Å². The molecular formula is C19H19ClN2O. The smallest absolute Gasteiger partial charge is 0.101 e. The fraction of sp³-hybridized carbons (Fsp3) is 0.316. The van der Waals surface area contributed by atoms with Crippen molar-refractivity contribution in [3.8, 4) is 17.2 Å². The zero-order valence-corrected chi connectivity index (χ0v) is 13.9. The molecule has 23 heavy (non-hydrogen) atoms. The number of benzene rings is 2. The van der Waals surface area contributed by atoms with Crippen molar-refractivity contribution in [2.45, 2.75) is 13.0 Å². The molecule has 0 N–H and O–H groups in total. The number of ether oxygens (including phenoxy) is 1. The molecule has 0 aliphatic carbocycles. The van der Waals surface area contributed by atoms with Gasteiger partial charge >= 0.3 is 0 Å². The summed E-state index contributed by atoms with van der Waals surface area (Å²) in [6, 6.07) is 16.6. The zero-order chi connectivity index (χ0) is 16.2. The number of halogens is 1. The van der Waals surface area contributed by atoms with E-state index in [1.807, 2.05) is 12.1 Å². The van der Waals surface area contributed by atoms with Gasteiger partial charge in [-0.3, -0.25) is 4.90 Å². The van der Waals surface area contributed by atoms with Crippen LogP contribution in [0.1, 0.15) is 24.1 Å². The predicted molar refractivity (Wildman–Crippen MR) is 92.4 cm³/mol. The van der Waals surface area contributed by atoms with Gasteiger partial charge < -0.3 is 4.74 Å². The molecule has 1 heterocycles. The average molecular weight is 327 g/mol. The van der Waals surface area contributed by atoms with E-state index >= 15 is 0 Å². The summed E-state index contributed by atoms with van der Waals surface area (Å²) >= 11 is 6.12. The predicted octanol–water partition coefficient (Wildman–Crippen LogP) is 4.27. The SMILES string of the molecule is CC(c1ccc(-c2ccc(C#N)c(Cl)c2)cc1)N1CCOCC1. The first kappa shape index (κ1) is 16.0. The summed E-state index contributed by atoms with van der Waals surface area (Å²) in [7, 11) is 0. The van der Waals surface area contributed by atoms with Gasteiger partial charge in [0.15, 0.2) is 0 Å². The average Bonchev–Trinajstić information content (AvgIpc) is 2.62. The Morgan fingerprint density at radius 2 is 1.74 bits per heavy atom. The van der Waals surface area contributed by atoms with E-state index in [9.17, 15) is 0 Å². The summed E-state index contributed by atoms with van der Waals surface area (Å²) in [6.07, 6.45) is 0. The molecule has 0 radical (unpaired) electrons. The second-order valence-corrected chi connectivity index (χ2v) is 6.16.